The molecule has 1 N–H and O–H groups in total. The summed E-state index contributed by atoms with van der Waals surface area (Å²) in [5.41, 5.74) is 3.96. The maximum absolute atomic E-state index is 12.5. The van der Waals surface area contributed by atoms with Crippen LogP contribution in [0.1, 0.15) is 27.0 Å². The summed E-state index contributed by atoms with van der Waals surface area (Å²) in [4.78, 5) is 24.7. The van der Waals surface area contributed by atoms with Crippen LogP contribution in [0.25, 0.3) is 0 Å². The number of nitrogens with zero attached hydrogens (tertiary/aromatic N) is 1. The number of carbonyl (C=O) groups excluding carboxylic acids is 1. The quantitative estimate of drug-likeness (QED) is 0.743. The minimum atomic E-state index is -0.288. The lowest BCUT2D eigenvalue weighted by atomic mass is 10.1. The second kappa shape index (κ2) is 7.58. The molecular weight excluding hydrogens is 348 g/mol. The molecule has 0 aliphatic carbocycles. The molecule has 1 heterocycles. The highest BCUT2D eigenvalue weighted by Gasteiger charge is 2.10. The summed E-state index contributed by atoms with van der Waals surface area (Å²) in [6, 6.07) is 16.2. The number of carbonyl (C=O) groups is 1. The third kappa shape index (κ3) is 4.03. The van der Waals surface area contributed by atoms with Crippen molar-refractivity contribution >= 4 is 23.2 Å². The number of rotatable bonds is 4. The third-order valence-corrected chi connectivity index (χ3v) is 4.68. The van der Waals surface area contributed by atoms with Gasteiger partial charge in [-0.1, -0.05) is 41.9 Å². The maximum Gasteiger partial charge on any atom is 0.257 e. The topological polar surface area (TPSA) is 51.1 Å². The lowest BCUT2D eigenvalue weighted by molar-refractivity contribution is 0.102. The van der Waals surface area contributed by atoms with Crippen molar-refractivity contribution in [1.29, 1.82) is 0 Å². The van der Waals surface area contributed by atoms with Crippen LogP contribution < -0.4 is 10.9 Å². The van der Waals surface area contributed by atoms with Gasteiger partial charge in [0.2, 0.25) is 0 Å². The average molecular weight is 367 g/mol. The monoisotopic (exact) mass is 366 g/mol. The first-order chi connectivity index (χ1) is 12.4. The van der Waals surface area contributed by atoms with Crippen LogP contribution in [-0.4, -0.2) is 10.5 Å². The molecule has 0 atom stereocenters. The molecule has 1 amide bonds. The van der Waals surface area contributed by atoms with Gasteiger partial charge in [0.25, 0.3) is 11.5 Å². The van der Waals surface area contributed by atoms with Crippen molar-refractivity contribution in [2.24, 2.45) is 0 Å². The number of pyridine rings is 1. The fraction of sp³-hybridized carbons (Fsp3) is 0.143. The second-order valence-electron chi connectivity index (χ2n) is 6.23. The summed E-state index contributed by atoms with van der Waals surface area (Å²) >= 11 is 6.10. The molecule has 132 valence electrons. The van der Waals surface area contributed by atoms with E-state index >= 15 is 0 Å². The standard InChI is InChI=1S/C21H19ClN2O2/c1-14-5-3-4-6-16(14)12-24-13-17(8-10-20(24)25)21(26)23-18-9-7-15(2)19(22)11-18/h3-11,13H,12H2,1-2H3,(H,23,26). The summed E-state index contributed by atoms with van der Waals surface area (Å²) in [5.74, 6) is -0.288. The van der Waals surface area contributed by atoms with Crippen molar-refractivity contribution in [3.8, 4) is 0 Å². The van der Waals surface area contributed by atoms with Gasteiger partial charge in [0.05, 0.1) is 12.1 Å². The van der Waals surface area contributed by atoms with Crippen molar-refractivity contribution in [3.05, 3.63) is 98.4 Å². The van der Waals surface area contributed by atoms with Gasteiger partial charge in [0.15, 0.2) is 0 Å². The van der Waals surface area contributed by atoms with Gasteiger partial charge in [0, 0.05) is 23.0 Å². The predicted molar refractivity (Wildman–Crippen MR) is 105 cm³/mol. The molecule has 0 unspecified atom stereocenters. The molecular formula is C21H19ClN2O2. The summed E-state index contributed by atoms with van der Waals surface area (Å²) < 4.78 is 1.54. The molecule has 0 aliphatic heterocycles. The van der Waals surface area contributed by atoms with Gasteiger partial charge >= 0.3 is 0 Å². The Labute approximate surface area is 157 Å². The highest BCUT2D eigenvalue weighted by Crippen LogP contribution is 2.20. The Morgan fingerprint density at radius 2 is 1.81 bits per heavy atom. The van der Waals surface area contributed by atoms with Crippen LogP contribution in [0.15, 0.2) is 65.6 Å². The molecule has 2 aromatic carbocycles. The van der Waals surface area contributed by atoms with Gasteiger partial charge in [-0.25, -0.2) is 0 Å². The van der Waals surface area contributed by atoms with Crippen molar-refractivity contribution < 1.29 is 4.79 Å². The van der Waals surface area contributed by atoms with E-state index in [0.717, 1.165) is 16.7 Å². The number of nitrogens with one attached hydrogen (secondary N) is 1. The SMILES string of the molecule is Cc1ccc(NC(=O)c2ccc(=O)n(Cc3ccccc3C)c2)cc1Cl. The van der Waals surface area contributed by atoms with Gasteiger partial charge in [-0.2, -0.15) is 0 Å². The van der Waals surface area contributed by atoms with Gasteiger partial charge in [-0.15, -0.1) is 0 Å². The van der Waals surface area contributed by atoms with E-state index in [4.69, 9.17) is 11.6 Å². The average Bonchev–Trinajstić information content (AvgIpc) is 2.62. The zero-order chi connectivity index (χ0) is 18.7. The van der Waals surface area contributed by atoms with E-state index in [1.807, 2.05) is 44.2 Å². The number of aryl methyl sites for hydroxylation is 2. The largest absolute Gasteiger partial charge is 0.322 e. The summed E-state index contributed by atoms with van der Waals surface area (Å²) in [5, 5.41) is 3.40. The van der Waals surface area contributed by atoms with Crippen LogP contribution in [0.3, 0.4) is 0 Å². The van der Waals surface area contributed by atoms with Crippen molar-refractivity contribution in [3.63, 3.8) is 0 Å². The van der Waals surface area contributed by atoms with E-state index in [2.05, 4.69) is 5.32 Å². The molecule has 0 aliphatic rings. The molecule has 0 bridgehead atoms. The fourth-order valence-electron chi connectivity index (χ4n) is 2.63. The summed E-state index contributed by atoms with van der Waals surface area (Å²) in [7, 11) is 0. The summed E-state index contributed by atoms with van der Waals surface area (Å²) in [6.07, 6.45) is 1.58. The van der Waals surface area contributed by atoms with Crippen LogP contribution in [-0.2, 0) is 6.54 Å². The molecule has 3 rings (SSSR count). The Kier molecular flexibility index (Phi) is 5.24. The smallest absolute Gasteiger partial charge is 0.257 e. The number of benzene rings is 2. The van der Waals surface area contributed by atoms with Crippen molar-refractivity contribution in [1.82, 2.24) is 4.57 Å². The lowest BCUT2D eigenvalue weighted by Gasteiger charge is -2.11. The Morgan fingerprint density at radius 1 is 1.04 bits per heavy atom. The molecule has 4 nitrogen and oxygen atoms in total. The minimum Gasteiger partial charge on any atom is -0.322 e. The van der Waals surface area contributed by atoms with Crippen molar-refractivity contribution in [2.45, 2.75) is 20.4 Å². The Balaban J connectivity index is 1.84. The molecule has 3 aromatic rings. The van der Waals surface area contributed by atoms with E-state index < -0.39 is 0 Å². The minimum absolute atomic E-state index is 0.150. The van der Waals surface area contributed by atoms with Crippen LogP contribution >= 0.6 is 11.6 Å². The number of halogens is 1. The maximum atomic E-state index is 12.5. The molecule has 0 fully saturated rings. The molecule has 5 heteroatoms. The number of aromatic nitrogens is 1. The molecule has 0 radical (unpaired) electrons. The zero-order valence-corrected chi connectivity index (χ0v) is 15.4. The Bertz CT molecular complexity index is 1020. The summed E-state index contributed by atoms with van der Waals surface area (Å²) in [6.45, 7) is 4.32. The van der Waals surface area contributed by atoms with Crippen LogP contribution in [0.2, 0.25) is 5.02 Å². The van der Waals surface area contributed by atoms with Crippen LogP contribution in [0.4, 0.5) is 5.69 Å². The Hall–Kier alpha value is -2.85. The van der Waals surface area contributed by atoms with E-state index in [1.165, 1.54) is 12.1 Å². The van der Waals surface area contributed by atoms with Crippen LogP contribution in [0, 0.1) is 13.8 Å². The number of anilines is 1. The van der Waals surface area contributed by atoms with Gasteiger partial charge < -0.3 is 9.88 Å². The highest BCUT2D eigenvalue weighted by molar-refractivity contribution is 6.31. The second-order valence-corrected chi connectivity index (χ2v) is 6.64. The Morgan fingerprint density at radius 3 is 2.54 bits per heavy atom. The number of hydrogen-bond acceptors (Lipinski definition) is 2. The third-order valence-electron chi connectivity index (χ3n) is 4.28. The number of hydrogen-bond donors (Lipinski definition) is 1. The van der Waals surface area contributed by atoms with Gasteiger partial charge in [-0.05, 0) is 48.7 Å². The van der Waals surface area contributed by atoms with Gasteiger partial charge in [0.1, 0.15) is 0 Å². The van der Waals surface area contributed by atoms with E-state index in [9.17, 15) is 9.59 Å². The lowest BCUT2D eigenvalue weighted by Crippen LogP contribution is -2.22. The fourth-order valence-corrected chi connectivity index (χ4v) is 2.81. The van der Waals surface area contributed by atoms with Gasteiger partial charge in [-0.3, -0.25) is 9.59 Å². The first kappa shape index (κ1) is 18.0. The van der Waals surface area contributed by atoms with E-state index in [-0.39, 0.29) is 11.5 Å². The first-order valence-corrected chi connectivity index (χ1v) is 8.64. The molecule has 0 saturated heterocycles. The number of amides is 1. The van der Waals surface area contributed by atoms with E-state index in [0.29, 0.717) is 22.8 Å². The molecule has 0 saturated carbocycles. The molecule has 0 spiro atoms. The predicted octanol–water partition coefficient (Wildman–Crippen LogP) is 4.42. The van der Waals surface area contributed by atoms with E-state index in [1.54, 1.807) is 22.9 Å². The molecule has 26 heavy (non-hydrogen) atoms. The van der Waals surface area contributed by atoms with Crippen LogP contribution in [0.5, 0.6) is 0 Å². The van der Waals surface area contributed by atoms with Crippen molar-refractivity contribution in [2.75, 3.05) is 5.32 Å². The normalized spacial score (nSPS) is 10.6. The first-order valence-electron chi connectivity index (χ1n) is 8.26. The highest BCUT2D eigenvalue weighted by atomic mass is 35.5. The zero-order valence-electron chi connectivity index (χ0n) is 14.6. The molecule has 1 aromatic heterocycles.